The second-order valence-electron chi connectivity index (χ2n) is 4.88. The Hall–Kier alpha value is -1.88. The van der Waals surface area contributed by atoms with E-state index in [1.165, 1.54) is 6.21 Å². The number of ether oxygens (including phenoxy) is 3. The van der Waals surface area contributed by atoms with Crippen molar-refractivity contribution in [2.75, 3.05) is 27.4 Å². The molecule has 2 rings (SSSR count). The first kappa shape index (κ1) is 15.5. The van der Waals surface area contributed by atoms with Crippen molar-refractivity contribution in [2.24, 2.45) is 10.9 Å². The van der Waals surface area contributed by atoms with E-state index in [9.17, 15) is 4.79 Å². The highest BCUT2D eigenvalue weighted by molar-refractivity contribution is 6.29. The molecular weight excluding hydrogens is 270 g/mol. The lowest BCUT2D eigenvalue weighted by atomic mass is 9.88. The molecule has 5 heteroatoms. The highest BCUT2D eigenvalue weighted by Gasteiger charge is 2.31. The minimum absolute atomic E-state index is 0.0116. The number of aliphatic imine (C=N–C) groups is 1. The van der Waals surface area contributed by atoms with Crippen molar-refractivity contribution in [3.63, 3.8) is 0 Å². The average molecular weight is 291 g/mol. The highest BCUT2D eigenvalue weighted by Crippen LogP contribution is 2.29. The van der Waals surface area contributed by atoms with Gasteiger partial charge < -0.3 is 14.2 Å². The minimum atomic E-state index is -0.218. The Bertz CT molecular complexity index is 527. The number of methoxy groups -OCH3 is 2. The lowest BCUT2D eigenvalue weighted by molar-refractivity contribution is -0.121. The Morgan fingerprint density at radius 1 is 1.29 bits per heavy atom. The summed E-state index contributed by atoms with van der Waals surface area (Å²) in [7, 11) is 3.23. The van der Waals surface area contributed by atoms with Gasteiger partial charge in [-0.3, -0.25) is 9.79 Å². The summed E-state index contributed by atoms with van der Waals surface area (Å²) >= 11 is 0. The van der Waals surface area contributed by atoms with Crippen molar-refractivity contribution >= 4 is 12.0 Å². The molecule has 5 nitrogen and oxygen atoms in total. The van der Waals surface area contributed by atoms with Crippen LogP contribution in [0.1, 0.15) is 12.5 Å². The summed E-state index contributed by atoms with van der Waals surface area (Å²) in [6.45, 7) is 3.03. The van der Waals surface area contributed by atoms with E-state index < -0.39 is 0 Å². The van der Waals surface area contributed by atoms with Crippen LogP contribution in [0.3, 0.4) is 0 Å². The zero-order valence-corrected chi connectivity index (χ0v) is 12.7. The third kappa shape index (κ3) is 3.61. The molecule has 0 bridgehead atoms. The normalized spacial score (nSPS) is 21.4. The smallest absolute Gasteiger partial charge is 0.179 e. The second kappa shape index (κ2) is 7.22. The number of carbonyl (C=O) groups excluding carboxylic acids is 1. The van der Waals surface area contributed by atoms with Gasteiger partial charge in [0.1, 0.15) is 11.5 Å². The summed E-state index contributed by atoms with van der Waals surface area (Å²) in [5.41, 5.74) is 0.969. The maximum Gasteiger partial charge on any atom is 0.179 e. The Balaban J connectivity index is 2.22. The highest BCUT2D eigenvalue weighted by atomic mass is 16.5. The van der Waals surface area contributed by atoms with Crippen molar-refractivity contribution in [1.29, 1.82) is 0 Å². The summed E-state index contributed by atoms with van der Waals surface area (Å²) in [6, 6.07) is 5.63. The maximum atomic E-state index is 12.1. The number of Topliss-reactive ketones (excluding diaryl/α,β-unsaturated/α-hetero) is 1. The molecule has 1 aromatic carbocycles. The monoisotopic (exact) mass is 291 g/mol. The fourth-order valence-electron chi connectivity index (χ4n) is 2.53. The van der Waals surface area contributed by atoms with Crippen molar-refractivity contribution in [3.8, 4) is 11.5 Å². The summed E-state index contributed by atoms with van der Waals surface area (Å²) in [5, 5.41) is 0. The van der Waals surface area contributed by atoms with Crippen LogP contribution in [0.25, 0.3) is 0 Å². The van der Waals surface area contributed by atoms with Gasteiger partial charge >= 0.3 is 0 Å². The van der Waals surface area contributed by atoms with Crippen LogP contribution in [-0.4, -0.2) is 45.5 Å². The molecule has 1 unspecified atom stereocenters. The molecule has 0 fully saturated rings. The van der Waals surface area contributed by atoms with Crippen LogP contribution in [0.5, 0.6) is 11.5 Å². The molecule has 0 aliphatic carbocycles. The van der Waals surface area contributed by atoms with E-state index in [1.807, 2.05) is 25.1 Å². The third-order valence-electron chi connectivity index (χ3n) is 3.63. The van der Waals surface area contributed by atoms with E-state index in [0.717, 1.165) is 17.1 Å². The number of hydrogen-bond acceptors (Lipinski definition) is 5. The Kier molecular flexibility index (Phi) is 5.33. The second-order valence-corrected chi connectivity index (χ2v) is 4.88. The fraction of sp³-hybridized carbons (Fsp3) is 0.500. The maximum absolute atomic E-state index is 12.1. The third-order valence-corrected chi connectivity index (χ3v) is 3.63. The van der Waals surface area contributed by atoms with Crippen molar-refractivity contribution in [3.05, 3.63) is 23.8 Å². The van der Waals surface area contributed by atoms with Gasteiger partial charge in [-0.1, -0.05) is 6.07 Å². The molecule has 1 aliphatic heterocycles. The van der Waals surface area contributed by atoms with Gasteiger partial charge in [-0.2, -0.15) is 0 Å². The van der Waals surface area contributed by atoms with E-state index in [2.05, 4.69) is 4.99 Å². The van der Waals surface area contributed by atoms with Crippen LogP contribution in [0.15, 0.2) is 23.2 Å². The van der Waals surface area contributed by atoms with Gasteiger partial charge in [-0.25, -0.2) is 0 Å². The first-order valence-corrected chi connectivity index (χ1v) is 7.05. The molecule has 0 radical (unpaired) electrons. The molecule has 0 saturated heterocycles. The predicted molar refractivity (Wildman–Crippen MR) is 80.5 cm³/mol. The largest absolute Gasteiger partial charge is 0.497 e. The van der Waals surface area contributed by atoms with Gasteiger partial charge in [0.05, 0.1) is 39.0 Å². The molecule has 0 N–H and O–H groups in total. The zero-order valence-electron chi connectivity index (χ0n) is 12.7. The number of rotatable bonds is 6. The van der Waals surface area contributed by atoms with E-state index in [4.69, 9.17) is 14.2 Å². The zero-order chi connectivity index (χ0) is 15.2. The lowest BCUT2D eigenvalue weighted by Gasteiger charge is -2.27. The van der Waals surface area contributed by atoms with Crippen LogP contribution < -0.4 is 9.47 Å². The van der Waals surface area contributed by atoms with Gasteiger partial charge in [0.15, 0.2) is 5.78 Å². The SMILES string of the molecule is CCO[C@@H]1CN=CC(=O)C1Cc1ccc(OC)cc1OC. The van der Waals surface area contributed by atoms with Crippen molar-refractivity contribution in [1.82, 2.24) is 0 Å². The van der Waals surface area contributed by atoms with Gasteiger partial charge in [-0.05, 0) is 25.0 Å². The van der Waals surface area contributed by atoms with Gasteiger partial charge in [-0.15, -0.1) is 0 Å². The van der Waals surface area contributed by atoms with Crippen LogP contribution in [0.4, 0.5) is 0 Å². The van der Waals surface area contributed by atoms with E-state index in [0.29, 0.717) is 19.6 Å². The molecule has 0 aromatic heterocycles. The van der Waals surface area contributed by atoms with Crippen LogP contribution in [-0.2, 0) is 16.0 Å². The van der Waals surface area contributed by atoms with Gasteiger partial charge in [0.25, 0.3) is 0 Å². The summed E-state index contributed by atoms with van der Waals surface area (Å²) < 4.78 is 16.2. The molecule has 2 atom stereocenters. The predicted octanol–water partition coefficient (Wildman–Crippen LogP) is 1.92. The molecule has 1 aliphatic rings. The molecule has 0 saturated carbocycles. The molecule has 0 spiro atoms. The molecule has 0 amide bonds. The van der Waals surface area contributed by atoms with E-state index in [1.54, 1.807) is 14.2 Å². The standard InChI is InChI=1S/C16H21NO4/c1-4-21-16-10-17-9-14(18)13(16)7-11-5-6-12(19-2)8-15(11)20-3/h5-6,8-9,13,16H,4,7,10H2,1-3H3/t13?,16-/m1/s1. The Morgan fingerprint density at radius 2 is 2.10 bits per heavy atom. The lowest BCUT2D eigenvalue weighted by Crippen LogP contribution is -2.38. The van der Waals surface area contributed by atoms with Crippen molar-refractivity contribution in [2.45, 2.75) is 19.4 Å². The molecule has 21 heavy (non-hydrogen) atoms. The minimum Gasteiger partial charge on any atom is -0.497 e. The Morgan fingerprint density at radius 3 is 2.76 bits per heavy atom. The number of ketones is 1. The number of benzene rings is 1. The molecule has 114 valence electrons. The van der Waals surface area contributed by atoms with Crippen LogP contribution in [0.2, 0.25) is 0 Å². The Labute approximate surface area is 124 Å². The quantitative estimate of drug-likeness (QED) is 0.803. The molecule has 1 heterocycles. The van der Waals surface area contributed by atoms with Crippen molar-refractivity contribution < 1.29 is 19.0 Å². The number of nitrogens with zero attached hydrogens (tertiary/aromatic N) is 1. The van der Waals surface area contributed by atoms with E-state index in [-0.39, 0.29) is 17.8 Å². The summed E-state index contributed by atoms with van der Waals surface area (Å²) in [5.74, 6) is 1.25. The average Bonchev–Trinajstić information content (AvgIpc) is 2.51. The number of hydrogen-bond donors (Lipinski definition) is 0. The van der Waals surface area contributed by atoms with Gasteiger partial charge in [0, 0.05) is 12.7 Å². The molecule has 1 aromatic rings. The number of carbonyl (C=O) groups is 1. The fourth-order valence-corrected chi connectivity index (χ4v) is 2.53. The summed E-state index contributed by atoms with van der Waals surface area (Å²) in [4.78, 5) is 16.2. The van der Waals surface area contributed by atoms with Crippen LogP contribution >= 0.6 is 0 Å². The molecular formula is C16H21NO4. The van der Waals surface area contributed by atoms with Gasteiger partial charge in [0.2, 0.25) is 0 Å². The first-order valence-electron chi connectivity index (χ1n) is 7.05. The summed E-state index contributed by atoms with van der Waals surface area (Å²) in [6.07, 6.45) is 1.82. The van der Waals surface area contributed by atoms with E-state index >= 15 is 0 Å². The van der Waals surface area contributed by atoms with Crippen LogP contribution in [0, 0.1) is 5.92 Å². The topological polar surface area (TPSA) is 57.1 Å². The first-order chi connectivity index (χ1) is 10.2.